The quantitative estimate of drug-likeness (QED) is 0.490. The Morgan fingerprint density at radius 3 is 1.14 bits per heavy atom. The van der Waals surface area contributed by atoms with Crippen molar-refractivity contribution in [1.29, 1.82) is 0 Å². The van der Waals surface area contributed by atoms with Crippen molar-refractivity contribution in [1.82, 2.24) is 9.80 Å². The summed E-state index contributed by atoms with van der Waals surface area (Å²) in [6.07, 6.45) is 4.31. The van der Waals surface area contributed by atoms with Crippen molar-refractivity contribution < 1.29 is 28.7 Å². The third-order valence-electron chi connectivity index (χ3n) is 7.76. The molecule has 0 spiro atoms. The van der Waals surface area contributed by atoms with E-state index in [9.17, 15) is 19.2 Å². The maximum atomic E-state index is 12.6. The molecule has 0 saturated carbocycles. The van der Waals surface area contributed by atoms with Gasteiger partial charge in [0, 0.05) is 13.1 Å². The van der Waals surface area contributed by atoms with Crippen LogP contribution in [0.2, 0.25) is 0 Å². The third kappa shape index (κ3) is 2.08. The van der Waals surface area contributed by atoms with Gasteiger partial charge < -0.3 is 9.47 Å². The first-order valence-electron chi connectivity index (χ1n) is 10.6. The van der Waals surface area contributed by atoms with E-state index in [0.717, 1.165) is 25.7 Å². The van der Waals surface area contributed by atoms with Crippen molar-refractivity contribution in [2.45, 2.75) is 62.9 Å². The molecule has 0 aromatic rings. The Morgan fingerprint density at radius 1 is 0.571 bits per heavy atom. The number of carbonyl (C=O) groups is 4. The van der Waals surface area contributed by atoms with E-state index in [1.807, 2.05) is 0 Å². The van der Waals surface area contributed by atoms with Gasteiger partial charge >= 0.3 is 0 Å². The summed E-state index contributed by atoms with van der Waals surface area (Å²) in [6.45, 7) is 0.725. The molecule has 4 amide bonds. The third-order valence-corrected chi connectivity index (χ3v) is 7.76. The molecule has 0 N–H and O–H groups in total. The van der Waals surface area contributed by atoms with E-state index in [1.54, 1.807) is 0 Å². The Balaban J connectivity index is 1.05. The normalized spacial score (nSPS) is 45.7. The average molecular weight is 388 g/mol. The fourth-order valence-corrected chi connectivity index (χ4v) is 6.53. The smallest absolute Gasteiger partial charge is 0.235 e. The standard InChI is InChI=1S/C20H24N2O6/c23-17-13-9-3-4-10(27-9)14(13)18(24)21(17)7-1-2-8-22-19(25)15-11-5-6-12(28-11)16(15)20(22)26/h9-16H,1-8H2. The van der Waals surface area contributed by atoms with Crippen LogP contribution in [0.3, 0.4) is 0 Å². The number of imide groups is 2. The van der Waals surface area contributed by atoms with Gasteiger partial charge in [0.2, 0.25) is 23.6 Å². The van der Waals surface area contributed by atoms with E-state index in [-0.39, 0.29) is 71.7 Å². The summed E-state index contributed by atoms with van der Waals surface area (Å²) in [6, 6.07) is 0. The maximum absolute atomic E-state index is 12.6. The van der Waals surface area contributed by atoms with Crippen LogP contribution >= 0.6 is 0 Å². The lowest BCUT2D eigenvalue weighted by Crippen LogP contribution is -2.37. The fourth-order valence-electron chi connectivity index (χ4n) is 6.53. The van der Waals surface area contributed by atoms with Crippen LogP contribution in [-0.2, 0) is 28.7 Å². The van der Waals surface area contributed by atoms with Crippen LogP contribution in [0.4, 0.5) is 0 Å². The molecule has 0 aromatic carbocycles. The maximum Gasteiger partial charge on any atom is 0.235 e. The minimum atomic E-state index is -0.289. The molecular weight excluding hydrogens is 364 g/mol. The summed E-state index contributed by atoms with van der Waals surface area (Å²) in [5, 5.41) is 0. The molecule has 8 unspecified atom stereocenters. The number of hydrogen-bond donors (Lipinski definition) is 0. The molecular formula is C20H24N2O6. The topological polar surface area (TPSA) is 93.2 Å². The first kappa shape index (κ1) is 17.1. The highest BCUT2D eigenvalue weighted by Crippen LogP contribution is 2.49. The molecule has 8 atom stereocenters. The van der Waals surface area contributed by atoms with E-state index in [4.69, 9.17) is 9.47 Å². The zero-order chi connectivity index (χ0) is 19.2. The largest absolute Gasteiger partial charge is 0.373 e. The van der Waals surface area contributed by atoms with E-state index in [1.165, 1.54) is 9.80 Å². The van der Waals surface area contributed by atoms with Gasteiger partial charge in [0.05, 0.1) is 48.1 Å². The highest BCUT2D eigenvalue weighted by atomic mass is 16.5. The zero-order valence-corrected chi connectivity index (χ0v) is 15.6. The minimum absolute atomic E-state index is 0.0895. The molecule has 150 valence electrons. The van der Waals surface area contributed by atoms with Crippen LogP contribution in [0.5, 0.6) is 0 Å². The molecule has 6 fully saturated rings. The predicted molar refractivity (Wildman–Crippen MR) is 92.4 cm³/mol. The summed E-state index contributed by atoms with van der Waals surface area (Å²) >= 11 is 0. The summed E-state index contributed by atoms with van der Waals surface area (Å²) in [7, 11) is 0. The van der Waals surface area contributed by atoms with Gasteiger partial charge in [-0.05, 0) is 38.5 Å². The molecule has 6 aliphatic rings. The van der Waals surface area contributed by atoms with Crippen LogP contribution < -0.4 is 0 Å². The summed E-state index contributed by atoms with van der Waals surface area (Å²) in [4.78, 5) is 53.4. The molecule has 4 bridgehead atoms. The van der Waals surface area contributed by atoms with Crippen LogP contribution in [0, 0.1) is 23.7 Å². The molecule has 0 aromatic heterocycles. The van der Waals surface area contributed by atoms with Crippen molar-refractivity contribution >= 4 is 23.6 Å². The Kier molecular flexibility index (Phi) is 3.57. The highest BCUT2D eigenvalue weighted by Gasteiger charge is 2.63. The SMILES string of the molecule is O=C1C2C3CCC(O3)C2C(=O)N1CCCCN1C(=O)C2C3CCC(O3)C2C1=O. The molecule has 6 saturated heterocycles. The number of rotatable bonds is 5. The molecule has 0 radical (unpaired) electrons. The molecule has 8 nitrogen and oxygen atoms in total. The summed E-state index contributed by atoms with van der Waals surface area (Å²) < 4.78 is 11.5. The fraction of sp³-hybridized carbons (Fsp3) is 0.800. The van der Waals surface area contributed by atoms with Crippen LogP contribution in [0.15, 0.2) is 0 Å². The van der Waals surface area contributed by atoms with E-state index in [2.05, 4.69) is 0 Å². The number of fused-ring (bicyclic) bond motifs is 10. The second-order valence-corrected chi connectivity index (χ2v) is 9.05. The van der Waals surface area contributed by atoms with Crippen molar-refractivity contribution in [3.8, 4) is 0 Å². The van der Waals surface area contributed by atoms with Crippen LogP contribution in [0.25, 0.3) is 0 Å². The number of unbranched alkanes of at least 4 members (excludes halogenated alkanes) is 1. The van der Waals surface area contributed by atoms with E-state index >= 15 is 0 Å². The molecule has 0 aliphatic carbocycles. The van der Waals surface area contributed by atoms with Gasteiger partial charge in [-0.15, -0.1) is 0 Å². The van der Waals surface area contributed by atoms with Gasteiger partial charge in [-0.25, -0.2) is 0 Å². The number of nitrogens with zero attached hydrogens (tertiary/aromatic N) is 2. The van der Waals surface area contributed by atoms with E-state index in [0.29, 0.717) is 25.9 Å². The summed E-state index contributed by atoms with van der Waals surface area (Å²) in [5.74, 6) is -1.55. The number of amides is 4. The lowest BCUT2D eigenvalue weighted by atomic mass is 9.81. The Hall–Kier alpha value is -1.80. The summed E-state index contributed by atoms with van der Waals surface area (Å²) in [5.41, 5.74) is 0. The number of carbonyl (C=O) groups excluding carboxylic acids is 4. The van der Waals surface area contributed by atoms with Crippen molar-refractivity contribution in [3.63, 3.8) is 0 Å². The lowest BCUT2D eigenvalue weighted by molar-refractivity contribution is -0.145. The van der Waals surface area contributed by atoms with Gasteiger partial charge in [0.15, 0.2) is 0 Å². The number of hydrogen-bond acceptors (Lipinski definition) is 6. The first-order valence-corrected chi connectivity index (χ1v) is 10.6. The first-order chi connectivity index (χ1) is 13.6. The molecule has 28 heavy (non-hydrogen) atoms. The molecule has 6 heterocycles. The lowest BCUT2D eigenvalue weighted by Gasteiger charge is -2.19. The second kappa shape index (κ2) is 5.86. The Morgan fingerprint density at radius 2 is 0.857 bits per heavy atom. The number of ether oxygens (including phenoxy) is 2. The van der Waals surface area contributed by atoms with Gasteiger partial charge in [-0.1, -0.05) is 0 Å². The van der Waals surface area contributed by atoms with Gasteiger partial charge in [-0.2, -0.15) is 0 Å². The molecule has 6 aliphatic heterocycles. The average Bonchev–Trinajstić information content (AvgIpc) is 3.49. The number of likely N-dealkylation sites (tertiary alicyclic amines) is 2. The minimum Gasteiger partial charge on any atom is -0.373 e. The Bertz CT molecular complexity index is 663. The van der Waals surface area contributed by atoms with Crippen molar-refractivity contribution in [2.24, 2.45) is 23.7 Å². The predicted octanol–water partition coefficient (Wildman–Crippen LogP) is 0.0914. The molecule has 6 rings (SSSR count). The van der Waals surface area contributed by atoms with Crippen LogP contribution in [-0.4, -0.2) is 70.9 Å². The van der Waals surface area contributed by atoms with E-state index < -0.39 is 0 Å². The van der Waals surface area contributed by atoms with Gasteiger partial charge in [0.25, 0.3) is 0 Å². The van der Waals surface area contributed by atoms with Crippen molar-refractivity contribution in [2.75, 3.05) is 13.1 Å². The van der Waals surface area contributed by atoms with Gasteiger partial charge in [0.1, 0.15) is 0 Å². The highest BCUT2D eigenvalue weighted by molar-refractivity contribution is 6.07. The zero-order valence-electron chi connectivity index (χ0n) is 15.6. The molecule has 8 heteroatoms. The van der Waals surface area contributed by atoms with Crippen LogP contribution in [0.1, 0.15) is 38.5 Å². The van der Waals surface area contributed by atoms with Gasteiger partial charge in [-0.3, -0.25) is 29.0 Å². The van der Waals surface area contributed by atoms with Crippen molar-refractivity contribution in [3.05, 3.63) is 0 Å². The Labute approximate surface area is 162 Å². The second-order valence-electron chi connectivity index (χ2n) is 9.05. The monoisotopic (exact) mass is 388 g/mol.